The Morgan fingerprint density at radius 1 is 1.35 bits per heavy atom. The minimum atomic E-state index is -4.70. The van der Waals surface area contributed by atoms with Crippen LogP contribution in [-0.2, 0) is 6.54 Å². The Labute approximate surface area is 123 Å². The van der Waals surface area contributed by atoms with Crippen molar-refractivity contribution in [2.24, 2.45) is 0 Å². The summed E-state index contributed by atoms with van der Waals surface area (Å²) in [5.74, 6) is -0.262. The lowest BCUT2D eigenvalue weighted by Crippen LogP contribution is -2.53. The molecule has 1 aromatic carbocycles. The maximum atomic E-state index is 12.1. The van der Waals surface area contributed by atoms with Crippen LogP contribution in [0.3, 0.4) is 0 Å². The number of hydrogen-bond donors (Lipinski definition) is 2. The minimum absolute atomic E-state index is 0.0729. The summed E-state index contributed by atoms with van der Waals surface area (Å²) in [5, 5.41) is 12.6. The van der Waals surface area contributed by atoms with Crippen molar-refractivity contribution in [3.05, 3.63) is 28.2 Å². The highest BCUT2D eigenvalue weighted by molar-refractivity contribution is 9.10. The van der Waals surface area contributed by atoms with E-state index in [4.69, 9.17) is 0 Å². The van der Waals surface area contributed by atoms with E-state index in [1.54, 1.807) is 12.1 Å². The van der Waals surface area contributed by atoms with Crippen molar-refractivity contribution in [3.8, 4) is 5.75 Å². The molecule has 0 aliphatic heterocycles. The fourth-order valence-electron chi connectivity index (χ4n) is 2.15. The summed E-state index contributed by atoms with van der Waals surface area (Å²) in [7, 11) is 0. The topological polar surface area (TPSA) is 41.5 Å². The van der Waals surface area contributed by atoms with Gasteiger partial charge in [0.2, 0.25) is 0 Å². The van der Waals surface area contributed by atoms with E-state index < -0.39 is 6.36 Å². The monoisotopic (exact) mass is 353 g/mol. The second-order valence-electron chi connectivity index (χ2n) is 4.96. The van der Waals surface area contributed by atoms with Crippen molar-refractivity contribution in [1.82, 2.24) is 5.32 Å². The number of hydrogen-bond acceptors (Lipinski definition) is 3. The molecule has 0 aromatic heterocycles. The first kappa shape index (κ1) is 15.6. The van der Waals surface area contributed by atoms with Gasteiger partial charge in [0, 0.05) is 12.1 Å². The number of nitrogens with one attached hydrogen (secondary N) is 1. The average molecular weight is 354 g/mol. The van der Waals surface area contributed by atoms with Gasteiger partial charge < -0.3 is 15.2 Å². The molecule has 0 atom stereocenters. The summed E-state index contributed by atoms with van der Waals surface area (Å²) in [5.41, 5.74) is 0.597. The van der Waals surface area contributed by atoms with Crippen molar-refractivity contribution < 1.29 is 23.0 Å². The third kappa shape index (κ3) is 3.86. The number of rotatable bonds is 5. The second-order valence-corrected chi connectivity index (χ2v) is 5.81. The Hall–Kier alpha value is -0.790. The first-order chi connectivity index (χ1) is 9.34. The van der Waals surface area contributed by atoms with Crippen LogP contribution in [0.25, 0.3) is 0 Å². The molecule has 2 rings (SSSR count). The molecule has 1 aromatic rings. The van der Waals surface area contributed by atoms with Crippen LogP contribution in [0.2, 0.25) is 0 Å². The average Bonchev–Trinajstić information content (AvgIpc) is 2.30. The lowest BCUT2D eigenvalue weighted by atomic mass is 9.77. The highest BCUT2D eigenvalue weighted by atomic mass is 79.9. The van der Waals surface area contributed by atoms with Crippen LogP contribution in [0.15, 0.2) is 22.7 Å². The van der Waals surface area contributed by atoms with E-state index in [9.17, 15) is 18.3 Å². The number of aliphatic hydroxyl groups is 1. The number of halogens is 4. The molecule has 1 aliphatic carbocycles. The van der Waals surface area contributed by atoms with Crippen molar-refractivity contribution in [2.75, 3.05) is 6.61 Å². The Morgan fingerprint density at radius 3 is 2.50 bits per heavy atom. The second kappa shape index (κ2) is 5.91. The molecule has 112 valence electrons. The fraction of sp³-hybridized carbons (Fsp3) is 0.538. The summed E-state index contributed by atoms with van der Waals surface area (Å²) in [4.78, 5) is 0. The molecule has 0 bridgehead atoms. The molecule has 0 unspecified atom stereocenters. The molecule has 7 heteroatoms. The minimum Gasteiger partial charge on any atom is -0.405 e. The smallest absolute Gasteiger partial charge is 0.405 e. The van der Waals surface area contributed by atoms with Crippen LogP contribution in [0.1, 0.15) is 24.8 Å². The van der Waals surface area contributed by atoms with Gasteiger partial charge in [-0.1, -0.05) is 6.07 Å². The van der Waals surface area contributed by atoms with E-state index >= 15 is 0 Å². The molecule has 1 aliphatic rings. The highest BCUT2D eigenvalue weighted by Crippen LogP contribution is 2.33. The Balaban J connectivity index is 1.98. The van der Waals surface area contributed by atoms with Gasteiger partial charge in [0.15, 0.2) is 0 Å². The summed E-state index contributed by atoms with van der Waals surface area (Å²) in [6, 6.07) is 4.43. The van der Waals surface area contributed by atoms with Crippen LogP contribution in [0, 0.1) is 0 Å². The first-order valence-corrected chi connectivity index (χ1v) is 7.03. The van der Waals surface area contributed by atoms with Crippen molar-refractivity contribution in [3.63, 3.8) is 0 Å². The Bertz CT molecular complexity index is 470. The number of ether oxygens (including phenoxy) is 1. The molecule has 0 radical (unpaired) electrons. The predicted molar refractivity (Wildman–Crippen MR) is 71.3 cm³/mol. The van der Waals surface area contributed by atoms with Crippen LogP contribution in [-0.4, -0.2) is 23.6 Å². The summed E-state index contributed by atoms with van der Waals surface area (Å²) in [6.07, 6.45) is -1.79. The van der Waals surface area contributed by atoms with Crippen LogP contribution >= 0.6 is 15.9 Å². The standard InChI is InChI=1S/C13H15BrF3NO2/c14-10-6-9(2-3-11(10)20-13(15,16)17)7-18-12(8-19)4-1-5-12/h2-3,6,18-19H,1,4-5,7-8H2. The van der Waals surface area contributed by atoms with E-state index in [0.717, 1.165) is 24.8 Å². The predicted octanol–water partition coefficient (Wildman–Crippen LogP) is 3.35. The molecule has 20 heavy (non-hydrogen) atoms. The zero-order chi connectivity index (χ0) is 14.8. The zero-order valence-electron chi connectivity index (χ0n) is 10.6. The lowest BCUT2D eigenvalue weighted by molar-refractivity contribution is -0.274. The van der Waals surface area contributed by atoms with Crippen molar-refractivity contribution in [2.45, 2.75) is 37.7 Å². The summed E-state index contributed by atoms with van der Waals surface area (Å²) in [6.45, 7) is 0.564. The SMILES string of the molecule is OCC1(NCc2ccc(OC(F)(F)F)c(Br)c2)CCC1. The van der Waals surface area contributed by atoms with Crippen molar-refractivity contribution in [1.29, 1.82) is 0 Å². The van der Waals surface area contributed by atoms with E-state index in [-0.39, 0.29) is 22.4 Å². The quantitative estimate of drug-likeness (QED) is 0.852. The van der Waals surface area contributed by atoms with Gasteiger partial charge >= 0.3 is 6.36 Å². The highest BCUT2D eigenvalue weighted by Gasteiger charge is 2.35. The van der Waals surface area contributed by atoms with E-state index in [0.29, 0.717) is 6.54 Å². The van der Waals surface area contributed by atoms with E-state index in [2.05, 4.69) is 26.0 Å². The number of alkyl halides is 3. The first-order valence-electron chi connectivity index (χ1n) is 6.24. The van der Waals surface area contributed by atoms with Gasteiger partial charge in [0.25, 0.3) is 0 Å². The Kier molecular flexibility index (Phi) is 4.61. The third-order valence-electron chi connectivity index (χ3n) is 3.50. The molecule has 0 amide bonds. The number of aliphatic hydroxyl groups excluding tert-OH is 1. The largest absolute Gasteiger partial charge is 0.573 e. The lowest BCUT2D eigenvalue weighted by Gasteiger charge is -2.41. The molecule has 0 heterocycles. The maximum absolute atomic E-state index is 12.1. The van der Waals surface area contributed by atoms with Crippen LogP contribution in [0.5, 0.6) is 5.75 Å². The number of benzene rings is 1. The molecule has 1 saturated carbocycles. The normalized spacial score (nSPS) is 17.6. The molecule has 0 spiro atoms. The van der Waals surface area contributed by atoms with Gasteiger partial charge in [0.05, 0.1) is 11.1 Å². The third-order valence-corrected chi connectivity index (χ3v) is 4.12. The Morgan fingerprint density at radius 2 is 2.05 bits per heavy atom. The van der Waals surface area contributed by atoms with Crippen LogP contribution in [0.4, 0.5) is 13.2 Å². The molecule has 0 saturated heterocycles. The van der Waals surface area contributed by atoms with Gasteiger partial charge in [-0.3, -0.25) is 0 Å². The summed E-state index contributed by atoms with van der Waals surface area (Å²) < 4.78 is 40.6. The summed E-state index contributed by atoms with van der Waals surface area (Å²) >= 11 is 3.07. The maximum Gasteiger partial charge on any atom is 0.573 e. The fourth-order valence-corrected chi connectivity index (χ4v) is 2.65. The van der Waals surface area contributed by atoms with E-state index in [1.807, 2.05) is 0 Å². The van der Waals surface area contributed by atoms with Gasteiger partial charge in [-0.2, -0.15) is 0 Å². The molecule has 1 fully saturated rings. The van der Waals surface area contributed by atoms with Crippen molar-refractivity contribution >= 4 is 15.9 Å². The van der Waals surface area contributed by atoms with Gasteiger partial charge in [-0.25, -0.2) is 0 Å². The molecular formula is C13H15BrF3NO2. The van der Waals surface area contributed by atoms with Gasteiger partial charge in [0.1, 0.15) is 5.75 Å². The van der Waals surface area contributed by atoms with E-state index in [1.165, 1.54) is 6.07 Å². The van der Waals surface area contributed by atoms with Gasteiger partial charge in [-0.05, 0) is 52.9 Å². The van der Waals surface area contributed by atoms with Gasteiger partial charge in [-0.15, -0.1) is 13.2 Å². The molecular weight excluding hydrogens is 339 g/mol. The zero-order valence-corrected chi connectivity index (χ0v) is 12.2. The van der Waals surface area contributed by atoms with Crippen LogP contribution < -0.4 is 10.1 Å². The molecule has 2 N–H and O–H groups in total. The molecule has 3 nitrogen and oxygen atoms in total.